The minimum absolute atomic E-state index is 0.642. The van der Waals surface area contributed by atoms with Crippen LogP contribution in [0.3, 0.4) is 0 Å². The third kappa shape index (κ3) is 4.21. The van der Waals surface area contributed by atoms with Crippen molar-refractivity contribution in [1.82, 2.24) is 0 Å². The van der Waals surface area contributed by atoms with Gasteiger partial charge in [0, 0.05) is 5.56 Å². The van der Waals surface area contributed by atoms with Crippen LogP contribution in [0.1, 0.15) is 22.3 Å². The minimum Gasteiger partial charge on any atom is -0.492 e. The predicted molar refractivity (Wildman–Crippen MR) is 79.8 cm³/mol. The summed E-state index contributed by atoms with van der Waals surface area (Å²) in [6, 6.07) is 15.7. The van der Waals surface area contributed by atoms with Gasteiger partial charge < -0.3 is 4.74 Å². The van der Waals surface area contributed by atoms with E-state index in [4.69, 9.17) is 4.74 Å². The van der Waals surface area contributed by atoms with E-state index in [1.54, 1.807) is 12.1 Å². The van der Waals surface area contributed by atoms with E-state index in [1.165, 1.54) is 5.56 Å². The standard InChI is InChI=1S/C16H15BrO2/c17-15-11-14(12-18)8-9-16(15)19-10-4-7-13-5-2-1-3-6-13/h1-3,5-6,8-9,11-12H,4,7,10H2. The van der Waals surface area contributed by atoms with Crippen molar-refractivity contribution in [2.24, 2.45) is 0 Å². The molecule has 0 bridgehead atoms. The maximum absolute atomic E-state index is 10.6. The molecule has 19 heavy (non-hydrogen) atoms. The van der Waals surface area contributed by atoms with E-state index in [9.17, 15) is 4.79 Å². The Bertz CT molecular complexity index is 538. The molecule has 0 radical (unpaired) electrons. The summed E-state index contributed by atoms with van der Waals surface area (Å²) in [5.41, 5.74) is 1.96. The summed E-state index contributed by atoms with van der Waals surface area (Å²) >= 11 is 3.40. The molecule has 0 saturated carbocycles. The first-order chi connectivity index (χ1) is 9.29. The Morgan fingerprint density at radius 3 is 2.58 bits per heavy atom. The van der Waals surface area contributed by atoms with Gasteiger partial charge in [-0.05, 0) is 52.5 Å². The number of carbonyl (C=O) groups excluding carboxylic acids is 1. The summed E-state index contributed by atoms with van der Waals surface area (Å²) in [4.78, 5) is 10.6. The largest absolute Gasteiger partial charge is 0.492 e. The predicted octanol–water partition coefficient (Wildman–Crippen LogP) is 4.27. The van der Waals surface area contributed by atoms with E-state index < -0.39 is 0 Å². The number of hydrogen-bond acceptors (Lipinski definition) is 2. The van der Waals surface area contributed by atoms with Crippen molar-refractivity contribution in [2.45, 2.75) is 12.8 Å². The molecule has 0 saturated heterocycles. The highest BCUT2D eigenvalue weighted by molar-refractivity contribution is 9.10. The fraction of sp³-hybridized carbons (Fsp3) is 0.188. The molecule has 0 heterocycles. The van der Waals surface area contributed by atoms with E-state index in [0.29, 0.717) is 12.2 Å². The molecule has 3 heteroatoms. The molecule has 0 N–H and O–H groups in total. The Morgan fingerprint density at radius 1 is 1.11 bits per heavy atom. The number of hydrogen-bond donors (Lipinski definition) is 0. The summed E-state index contributed by atoms with van der Waals surface area (Å²) in [7, 11) is 0. The third-order valence-corrected chi connectivity index (χ3v) is 3.42. The van der Waals surface area contributed by atoms with Gasteiger partial charge in [0.15, 0.2) is 0 Å². The highest BCUT2D eigenvalue weighted by Gasteiger charge is 2.02. The van der Waals surface area contributed by atoms with Crippen molar-refractivity contribution in [2.75, 3.05) is 6.61 Å². The van der Waals surface area contributed by atoms with Gasteiger partial charge in [0.1, 0.15) is 12.0 Å². The fourth-order valence-electron chi connectivity index (χ4n) is 1.81. The van der Waals surface area contributed by atoms with Gasteiger partial charge in [-0.2, -0.15) is 0 Å². The molecule has 2 rings (SSSR count). The Balaban J connectivity index is 1.81. The summed E-state index contributed by atoms with van der Waals surface area (Å²) in [5.74, 6) is 0.777. The van der Waals surface area contributed by atoms with E-state index in [2.05, 4.69) is 28.1 Å². The van der Waals surface area contributed by atoms with Gasteiger partial charge in [0.05, 0.1) is 11.1 Å². The molecule has 98 valence electrons. The lowest BCUT2D eigenvalue weighted by Crippen LogP contribution is -2.00. The lowest BCUT2D eigenvalue weighted by atomic mass is 10.1. The third-order valence-electron chi connectivity index (χ3n) is 2.80. The smallest absolute Gasteiger partial charge is 0.150 e. The first kappa shape index (κ1) is 13.8. The Kier molecular flexibility index (Phi) is 5.16. The zero-order valence-corrected chi connectivity index (χ0v) is 12.1. The number of rotatable bonds is 6. The second kappa shape index (κ2) is 7.10. The molecule has 2 aromatic rings. The van der Waals surface area contributed by atoms with E-state index in [-0.39, 0.29) is 0 Å². The van der Waals surface area contributed by atoms with Crippen molar-refractivity contribution in [3.63, 3.8) is 0 Å². The molecule has 0 amide bonds. The molecule has 0 atom stereocenters. The van der Waals surface area contributed by atoms with Crippen LogP contribution in [0.4, 0.5) is 0 Å². The zero-order valence-electron chi connectivity index (χ0n) is 10.5. The van der Waals surface area contributed by atoms with E-state index in [0.717, 1.165) is 29.4 Å². The Morgan fingerprint density at radius 2 is 1.89 bits per heavy atom. The van der Waals surface area contributed by atoms with Crippen LogP contribution in [0.25, 0.3) is 0 Å². The maximum Gasteiger partial charge on any atom is 0.150 e. The van der Waals surface area contributed by atoms with E-state index in [1.807, 2.05) is 24.3 Å². The van der Waals surface area contributed by atoms with Gasteiger partial charge in [-0.1, -0.05) is 30.3 Å². The first-order valence-electron chi connectivity index (χ1n) is 6.21. The first-order valence-corrected chi connectivity index (χ1v) is 7.00. The molecule has 0 aliphatic carbocycles. The molecule has 0 aliphatic heterocycles. The highest BCUT2D eigenvalue weighted by atomic mass is 79.9. The molecule has 2 nitrogen and oxygen atoms in total. The number of ether oxygens (including phenoxy) is 1. The lowest BCUT2D eigenvalue weighted by molar-refractivity contribution is 0.112. The molecule has 2 aromatic carbocycles. The second-order valence-corrected chi connectivity index (χ2v) is 5.10. The molecular formula is C16H15BrO2. The average molecular weight is 319 g/mol. The summed E-state index contributed by atoms with van der Waals surface area (Å²) in [6.45, 7) is 0.661. The summed E-state index contributed by atoms with van der Waals surface area (Å²) in [6.07, 6.45) is 2.79. The van der Waals surface area contributed by atoms with Crippen LogP contribution in [0.15, 0.2) is 53.0 Å². The van der Waals surface area contributed by atoms with Gasteiger partial charge in [-0.15, -0.1) is 0 Å². The Labute approximate surface area is 121 Å². The van der Waals surface area contributed by atoms with Crippen LogP contribution in [0, 0.1) is 0 Å². The molecule has 0 aromatic heterocycles. The molecule has 0 aliphatic rings. The maximum atomic E-state index is 10.6. The van der Waals surface area contributed by atoms with Crippen LogP contribution in [0.2, 0.25) is 0 Å². The normalized spacial score (nSPS) is 10.2. The number of aldehydes is 1. The topological polar surface area (TPSA) is 26.3 Å². The quantitative estimate of drug-likeness (QED) is 0.587. The van der Waals surface area contributed by atoms with Crippen molar-refractivity contribution >= 4 is 22.2 Å². The Hall–Kier alpha value is -1.61. The summed E-state index contributed by atoms with van der Waals surface area (Å²) < 4.78 is 6.51. The van der Waals surface area contributed by atoms with Crippen LogP contribution in [-0.4, -0.2) is 12.9 Å². The van der Waals surface area contributed by atoms with E-state index >= 15 is 0 Å². The zero-order chi connectivity index (χ0) is 13.5. The molecule has 0 spiro atoms. The fourth-order valence-corrected chi connectivity index (χ4v) is 2.32. The van der Waals surface area contributed by atoms with Crippen molar-refractivity contribution < 1.29 is 9.53 Å². The van der Waals surface area contributed by atoms with Crippen molar-refractivity contribution in [1.29, 1.82) is 0 Å². The molecular weight excluding hydrogens is 304 g/mol. The van der Waals surface area contributed by atoms with Crippen LogP contribution >= 0.6 is 15.9 Å². The van der Waals surface area contributed by atoms with Gasteiger partial charge >= 0.3 is 0 Å². The van der Waals surface area contributed by atoms with Crippen LogP contribution < -0.4 is 4.74 Å². The number of carbonyl (C=O) groups is 1. The second-order valence-electron chi connectivity index (χ2n) is 4.25. The summed E-state index contributed by atoms with van der Waals surface area (Å²) in [5, 5.41) is 0. The van der Waals surface area contributed by atoms with Crippen LogP contribution in [0.5, 0.6) is 5.75 Å². The average Bonchev–Trinajstić information content (AvgIpc) is 2.46. The monoisotopic (exact) mass is 318 g/mol. The van der Waals surface area contributed by atoms with Crippen molar-refractivity contribution in [3.05, 3.63) is 64.1 Å². The van der Waals surface area contributed by atoms with Crippen LogP contribution in [-0.2, 0) is 6.42 Å². The SMILES string of the molecule is O=Cc1ccc(OCCCc2ccccc2)c(Br)c1. The number of aryl methyl sites for hydroxylation is 1. The van der Waals surface area contributed by atoms with Crippen molar-refractivity contribution in [3.8, 4) is 5.75 Å². The lowest BCUT2D eigenvalue weighted by Gasteiger charge is -2.08. The molecule has 0 fully saturated rings. The van der Waals surface area contributed by atoms with Gasteiger partial charge in [-0.3, -0.25) is 4.79 Å². The minimum atomic E-state index is 0.642. The number of halogens is 1. The highest BCUT2D eigenvalue weighted by Crippen LogP contribution is 2.25. The number of benzene rings is 2. The molecule has 0 unspecified atom stereocenters. The van der Waals surface area contributed by atoms with Gasteiger partial charge in [-0.25, -0.2) is 0 Å². The van der Waals surface area contributed by atoms with Gasteiger partial charge in [0.25, 0.3) is 0 Å². The van der Waals surface area contributed by atoms with Gasteiger partial charge in [0.2, 0.25) is 0 Å².